The van der Waals surface area contributed by atoms with Crippen LogP contribution in [0.4, 0.5) is 4.79 Å². The van der Waals surface area contributed by atoms with Crippen LogP contribution in [0.25, 0.3) is 0 Å². The Bertz CT molecular complexity index is 490. The SMILES string of the molecule is CC(C)(C)OC(=O)N1CCC(C(=O)CCc2cccs2)C1. The molecule has 0 spiro atoms. The first-order chi connectivity index (χ1) is 9.85. The number of hydrogen-bond donors (Lipinski definition) is 0. The Hall–Kier alpha value is -1.36. The van der Waals surface area contributed by atoms with Crippen LogP contribution < -0.4 is 0 Å². The molecule has 1 aliphatic heterocycles. The molecule has 1 aliphatic rings. The van der Waals surface area contributed by atoms with Gasteiger partial charge in [-0.2, -0.15) is 0 Å². The van der Waals surface area contributed by atoms with Gasteiger partial charge in [0.2, 0.25) is 0 Å². The van der Waals surface area contributed by atoms with Gasteiger partial charge in [0.1, 0.15) is 11.4 Å². The third-order valence-electron chi connectivity index (χ3n) is 3.49. The number of carbonyl (C=O) groups excluding carboxylic acids is 2. The van der Waals surface area contributed by atoms with Gasteiger partial charge in [-0.1, -0.05) is 6.07 Å². The maximum absolute atomic E-state index is 12.2. The third-order valence-corrected chi connectivity index (χ3v) is 4.43. The average Bonchev–Trinajstić information content (AvgIpc) is 3.05. The molecule has 0 aliphatic carbocycles. The average molecular weight is 309 g/mol. The van der Waals surface area contributed by atoms with Crippen LogP contribution in [0.15, 0.2) is 17.5 Å². The number of thiophene rings is 1. The summed E-state index contributed by atoms with van der Waals surface area (Å²) in [7, 11) is 0. The second-order valence-corrected chi connectivity index (χ2v) is 7.49. The minimum Gasteiger partial charge on any atom is -0.444 e. The highest BCUT2D eigenvalue weighted by atomic mass is 32.1. The number of aryl methyl sites for hydroxylation is 1. The van der Waals surface area contributed by atoms with Crippen LogP contribution in [0.5, 0.6) is 0 Å². The van der Waals surface area contributed by atoms with Gasteiger partial charge < -0.3 is 9.64 Å². The number of carbonyl (C=O) groups is 2. The molecular formula is C16H23NO3S. The van der Waals surface area contributed by atoms with E-state index in [4.69, 9.17) is 4.74 Å². The maximum atomic E-state index is 12.2. The van der Waals surface area contributed by atoms with Crippen molar-refractivity contribution in [2.75, 3.05) is 13.1 Å². The molecule has 2 rings (SSSR count). The van der Waals surface area contributed by atoms with Crippen molar-refractivity contribution in [1.82, 2.24) is 4.90 Å². The van der Waals surface area contributed by atoms with Crippen LogP contribution in [0.1, 0.15) is 38.5 Å². The predicted molar refractivity (Wildman–Crippen MR) is 83.6 cm³/mol. The van der Waals surface area contributed by atoms with Crippen LogP contribution in [0.3, 0.4) is 0 Å². The molecule has 1 unspecified atom stereocenters. The van der Waals surface area contributed by atoms with E-state index in [-0.39, 0.29) is 17.8 Å². The van der Waals surface area contributed by atoms with Crippen molar-refractivity contribution < 1.29 is 14.3 Å². The minimum atomic E-state index is -0.488. The smallest absolute Gasteiger partial charge is 0.410 e. The van der Waals surface area contributed by atoms with Crippen LogP contribution in [0.2, 0.25) is 0 Å². The van der Waals surface area contributed by atoms with E-state index in [0.717, 1.165) is 12.8 Å². The van der Waals surface area contributed by atoms with E-state index in [9.17, 15) is 9.59 Å². The first-order valence-corrected chi connectivity index (χ1v) is 8.26. The van der Waals surface area contributed by atoms with Gasteiger partial charge in [0, 0.05) is 30.3 Å². The molecule has 0 N–H and O–H groups in total. The standard InChI is InChI=1S/C16H23NO3S/c1-16(2,3)20-15(19)17-9-8-12(11-17)14(18)7-6-13-5-4-10-21-13/h4-5,10,12H,6-9,11H2,1-3H3. The minimum absolute atomic E-state index is 0.0301. The Morgan fingerprint density at radius 1 is 1.43 bits per heavy atom. The lowest BCUT2D eigenvalue weighted by Crippen LogP contribution is -2.35. The Kier molecular flexibility index (Phi) is 5.04. The van der Waals surface area contributed by atoms with Crippen molar-refractivity contribution in [3.05, 3.63) is 22.4 Å². The van der Waals surface area contributed by atoms with Gasteiger partial charge in [0.05, 0.1) is 0 Å². The van der Waals surface area contributed by atoms with E-state index >= 15 is 0 Å². The van der Waals surface area contributed by atoms with Crippen molar-refractivity contribution in [3.63, 3.8) is 0 Å². The molecule has 116 valence electrons. The second-order valence-electron chi connectivity index (χ2n) is 6.46. The third kappa shape index (κ3) is 4.84. The van der Waals surface area contributed by atoms with E-state index in [1.165, 1.54) is 4.88 Å². The largest absolute Gasteiger partial charge is 0.444 e. The van der Waals surface area contributed by atoms with Crippen LogP contribution in [-0.2, 0) is 16.0 Å². The molecule has 21 heavy (non-hydrogen) atoms. The molecule has 0 bridgehead atoms. The van der Waals surface area contributed by atoms with E-state index in [2.05, 4.69) is 6.07 Å². The summed E-state index contributed by atoms with van der Waals surface area (Å²) >= 11 is 1.68. The van der Waals surface area contributed by atoms with Gasteiger partial charge in [0.25, 0.3) is 0 Å². The van der Waals surface area contributed by atoms with Crippen LogP contribution in [-0.4, -0.2) is 35.5 Å². The maximum Gasteiger partial charge on any atom is 0.410 e. The van der Waals surface area contributed by atoms with Gasteiger partial charge in [-0.3, -0.25) is 4.79 Å². The molecule has 5 heteroatoms. The van der Waals surface area contributed by atoms with Crippen molar-refractivity contribution in [2.45, 2.75) is 45.6 Å². The number of likely N-dealkylation sites (tertiary alicyclic amines) is 1. The molecule has 1 saturated heterocycles. The number of ether oxygens (including phenoxy) is 1. The molecular weight excluding hydrogens is 286 g/mol. The zero-order valence-electron chi connectivity index (χ0n) is 12.9. The zero-order chi connectivity index (χ0) is 15.5. The molecule has 4 nitrogen and oxygen atoms in total. The Labute approximate surface area is 130 Å². The monoisotopic (exact) mass is 309 g/mol. The molecule has 0 radical (unpaired) electrons. The summed E-state index contributed by atoms with van der Waals surface area (Å²) in [6, 6.07) is 4.06. The Balaban J connectivity index is 1.78. The molecule has 0 saturated carbocycles. The van der Waals surface area contributed by atoms with E-state index in [0.29, 0.717) is 19.5 Å². The van der Waals surface area contributed by atoms with E-state index in [1.54, 1.807) is 16.2 Å². The van der Waals surface area contributed by atoms with Crippen LogP contribution in [0, 0.1) is 5.92 Å². The number of hydrogen-bond acceptors (Lipinski definition) is 4. The number of rotatable bonds is 4. The number of Topliss-reactive ketones (excluding diaryl/α,β-unsaturated/α-hetero) is 1. The molecule has 1 aromatic rings. The van der Waals surface area contributed by atoms with E-state index in [1.807, 2.05) is 32.2 Å². The molecule has 1 fully saturated rings. The Morgan fingerprint density at radius 2 is 2.19 bits per heavy atom. The Morgan fingerprint density at radius 3 is 2.81 bits per heavy atom. The van der Waals surface area contributed by atoms with Gasteiger partial charge >= 0.3 is 6.09 Å². The van der Waals surface area contributed by atoms with Crippen molar-refractivity contribution in [1.29, 1.82) is 0 Å². The van der Waals surface area contributed by atoms with Gasteiger partial charge in [0.15, 0.2) is 0 Å². The summed E-state index contributed by atoms with van der Waals surface area (Å²) in [5.74, 6) is 0.229. The lowest BCUT2D eigenvalue weighted by atomic mass is 9.99. The fourth-order valence-corrected chi connectivity index (χ4v) is 3.13. The summed E-state index contributed by atoms with van der Waals surface area (Å²) in [5, 5.41) is 2.03. The fraction of sp³-hybridized carbons (Fsp3) is 0.625. The van der Waals surface area contributed by atoms with Crippen molar-refractivity contribution in [2.24, 2.45) is 5.92 Å². The number of amides is 1. The quantitative estimate of drug-likeness (QED) is 0.855. The summed E-state index contributed by atoms with van der Waals surface area (Å²) in [4.78, 5) is 27.1. The summed E-state index contributed by atoms with van der Waals surface area (Å²) in [6.07, 6.45) is 1.81. The fourth-order valence-electron chi connectivity index (χ4n) is 2.42. The lowest BCUT2D eigenvalue weighted by molar-refractivity contribution is -0.122. The molecule has 0 aromatic carbocycles. The summed E-state index contributed by atoms with van der Waals surface area (Å²) in [5.41, 5.74) is -0.488. The highest BCUT2D eigenvalue weighted by molar-refractivity contribution is 7.09. The van der Waals surface area contributed by atoms with Crippen LogP contribution >= 0.6 is 11.3 Å². The second kappa shape index (κ2) is 6.60. The molecule has 2 heterocycles. The predicted octanol–water partition coefficient (Wildman–Crippen LogP) is 3.51. The summed E-state index contributed by atoms with van der Waals surface area (Å²) in [6.45, 7) is 6.67. The van der Waals surface area contributed by atoms with E-state index < -0.39 is 5.60 Å². The topological polar surface area (TPSA) is 46.6 Å². The number of ketones is 1. The molecule has 1 atom stereocenters. The van der Waals surface area contributed by atoms with Crippen molar-refractivity contribution in [3.8, 4) is 0 Å². The molecule has 1 amide bonds. The first kappa shape index (κ1) is 16.0. The van der Waals surface area contributed by atoms with Gasteiger partial charge in [-0.25, -0.2) is 4.79 Å². The molecule has 1 aromatic heterocycles. The van der Waals surface area contributed by atoms with Crippen molar-refractivity contribution >= 4 is 23.2 Å². The number of nitrogens with zero attached hydrogens (tertiary/aromatic N) is 1. The van der Waals surface area contributed by atoms with Gasteiger partial charge in [-0.05, 0) is 45.1 Å². The first-order valence-electron chi connectivity index (χ1n) is 7.38. The highest BCUT2D eigenvalue weighted by Gasteiger charge is 2.32. The lowest BCUT2D eigenvalue weighted by Gasteiger charge is -2.24. The van der Waals surface area contributed by atoms with Gasteiger partial charge in [-0.15, -0.1) is 11.3 Å². The summed E-state index contributed by atoms with van der Waals surface area (Å²) < 4.78 is 5.35. The highest BCUT2D eigenvalue weighted by Crippen LogP contribution is 2.22. The zero-order valence-corrected chi connectivity index (χ0v) is 13.7. The normalized spacial score (nSPS) is 18.8.